The number of pyridine rings is 1. The Morgan fingerprint density at radius 1 is 1.57 bits per heavy atom. The highest BCUT2D eigenvalue weighted by molar-refractivity contribution is 5.47. The molecule has 3 heteroatoms. The van der Waals surface area contributed by atoms with Gasteiger partial charge >= 0.3 is 0 Å². The quantitative estimate of drug-likeness (QED) is 0.791. The summed E-state index contributed by atoms with van der Waals surface area (Å²) in [5.41, 5.74) is 6.68. The Labute approximate surface area is 84.9 Å². The number of hydrogen-bond acceptors (Lipinski definition) is 3. The van der Waals surface area contributed by atoms with E-state index in [9.17, 15) is 0 Å². The van der Waals surface area contributed by atoms with Crippen LogP contribution in [-0.4, -0.2) is 18.6 Å². The van der Waals surface area contributed by atoms with Crippen molar-refractivity contribution >= 4 is 11.5 Å². The van der Waals surface area contributed by atoms with E-state index in [-0.39, 0.29) is 0 Å². The van der Waals surface area contributed by atoms with Gasteiger partial charge in [0.1, 0.15) is 5.82 Å². The molecule has 0 spiro atoms. The van der Waals surface area contributed by atoms with Crippen LogP contribution in [-0.2, 0) is 0 Å². The van der Waals surface area contributed by atoms with Gasteiger partial charge in [-0.1, -0.05) is 6.92 Å². The third-order valence-corrected chi connectivity index (χ3v) is 3.00. The van der Waals surface area contributed by atoms with Crippen LogP contribution in [0.3, 0.4) is 0 Å². The first kappa shape index (κ1) is 9.31. The molecule has 1 fully saturated rings. The first-order chi connectivity index (χ1) is 6.66. The molecule has 1 aliphatic rings. The molecule has 2 unspecified atom stereocenters. The molecule has 1 aliphatic carbocycles. The summed E-state index contributed by atoms with van der Waals surface area (Å²) in [4.78, 5) is 6.33. The van der Waals surface area contributed by atoms with Crippen molar-refractivity contribution in [1.82, 2.24) is 4.98 Å². The van der Waals surface area contributed by atoms with E-state index in [4.69, 9.17) is 5.73 Å². The molecule has 0 aliphatic heterocycles. The van der Waals surface area contributed by atoms with Crippen molar-refractivity contribution in [3.05, 3.63) is 18.3 Å². The van der Waals surface area contributed by atoms with Crippen molar-refractivity contribution in [3.8, 4) is 0 Å². The van der Waals surface area contributed by atoms with Crippen LogP contribution in [0.5, 0.6) is 0 Å². The lowest BCUT2D eigenvalue weighted by Gasteiger charge is -2.18. The van der Waals surface area contributed by atoms with Gasteiger partial charge in [-0.05, 0) is 30.4 Å². The zero-order chi connectivity index (χ0) is 10.1. The molecule has 2 N–H and O–H groups in total. The maximum Gasteiger partial charge on any atom is 0.123 e. The second-order valence-corrected chi connectivity index (χ2v) is 4.29. The molecule has 0 amide bonds. The van der Waals surface area contributed by atoms with Crippen LogP contribution in [0, 0.1) is 11.8 Å². The highest BCUT2D eigenvalue weighted by Crippen LogP contribution is 2.38. The van der Waals surface area contributed by atoms with E-state index in [0.717, 1.165) is 24.1 Å². The first-order valence-electron chi connectivity index (χ1n) is 5.09. The summed E-state index contributed by atoms with van der Waals surface area (Å²) in [7, 11) is 2.11. The van der Waals surface area contributed by atoms with E-state index in [1.54, 1.807) is 0 Å². The van der Waals surface area contributed by atoms with Gasteiger partial charge in [0.05, 0.1) is 11.9 Å². The number of hydrogen-bond donors (Lipinski definition) is 1. The van der Waals surface area contributed by atoms with Gasteiger partial charge in [0.15, 0.2) is 0 Å². The third kappa shape index (κ3) is 1.97. The summed E-state index contributed by atoms with van der Waals surface area (Å²) in [6.45, 7) is 3.44. The van der Waals surface area contributed by atoms with Gasteiger partial charge in [0.2, 0.25) is 0 Å². The van der Waals surface area contributed by atoms with E-state index in [0.29, 0.717) is 5.82 Å². The van der Waals surface area contributed by atoms with Gasteiger partial charge in [0, 0.05) is 13.6 Å². The Morgan fingerprint density at radius 3 is 2.79 bits per heavy atom. The maximum atomic E-state index is 5.53. The molecule has 1 saturated carbocycles. The van der Waals surface area contributed by atoms with Crippen molar-refractivity contribution in [2.45, 2.75) is 13.3 Å². The number of anilines is 2. The number of rotatable bonds is 3. The summed E-state index contributed by atoms with van der Waals surface area (Å²) in [6.07, 6.45) is 3.20. The van der Waals surface area contributed by atoms with Gasteiger partial charge in [-0.3, -0.25) is 0 Å². The van der Waals surface area contributed by atoms with Gasteiger partial charge in [-0.15, -0.1) is 0 Å². The largest absolute Gasteiger partial charge is 0.384 e. The van der Waals surface area contributed by atoms with Crippen molar-refractivity contribution in [1.29, 1.82) is 0 Å². The third-order valence-electron chi connectivity index (χ3n) is 3.00. The van der Waals surface area contributed by atoms with Gasteiger partial charge in [-0.2, -0.15) is 0 Å². The number of aromatic nitrogens is 1. The van der Waals surface area contributed by atoms with Crippen LogP contribution in [0.4, 0.5) is 11.5 Å². The molecule has 0 bridgehead atoms. The molecule has 0 saturated heterocycles. The molecular formula is C11H17N3. The average Bonchev–Trinajstić information content (AvgIpc) is 2.82. The summed E-state index contributed by atoms with van der Waals surface area (Å²) in [5.74, 6) is 2.36. The number of nitrogens with two attached hydrogens (primary N) is 1. The predicted molar refractivity (Wildman–Crippen MR) is 59.2 cm³/mol. The van der Waals surface area contributed by atoms with Gasteiger partial charge in [-0.25, -0.2) is 4.98 Å². The Hall–Kier alpha value is -1.25. The van der Waals surface area contributed by atoms with E-state index in [1.165, 1.54) is 6.42 Å². The first-order valence-corrected chi connectivity index (χ1v) is 5.09. The molecule has 2 rings (SSSR count). The predicted octanol–water partition coefficient (Wildman–Crippen LogP) is 1.76. The fraction of sp³-hybridized carbons (Fsp3) is 0.545. The van der Waals surface area contributed by atoms with E-state index >= 15 is 0 Å². The Bertz CT molecular complexity index is 307. The zero-order valence-corrected chi connectivity index (χ0v) is 8.77. The summed E-state index contributed by atoms with van der Waals surface area (Å²) < 4.78 is 0. The summed E-state index contributed by atoms with van der Waals surface area (Å²) in [5, 5.41) is 0. The topological polar surface area (TPSA) is 42.1 Å². The SMILES string of the molecule is CC1CC1CN(C)c1ccc(N)nc1. The molecule has 1 heterocycles. The van der Waals surface area contributed by atoms with E-state index in [2.05, 4.69) is 23.9 Å². The monoisotopic (exact) mass is 191 g/mol. The standard InChI is InChI=1S/C11H17N3/c1-8-5-9(8)7-14(2)10-3-4-11(12)13-6-10/h3-4,6,8-9H,5,7H2,1-2H3,(H2,12,13). The van der Waals surface area contributed by atoms with Crippen LogP contribution >= 0.6 is 0 Å². The lowest BCUT2D eigenvalue weighted by atomic mass is 10.3. The van der Waals surface area contributed by atoms with E-state index < -0.39 is 0 Å². The molecule has 0 radical (unpaired) electrons. The van der Waals surface area contributed by atoms with Crippen molar-refractivity contribution in [2.24, 2.45) is 11.8 Å². The maximum absolute atomic E-state index is 5.53. The molecule has 3 nitrogen and oxygen atoms in total. The smallest absolute Gasteiger partial charge is 0.123 e. The van der Waals surface area contributed by atoms with E-state index in [1.807, 2.05) is 18.3 Å². The summed E-state index contributed by atoms with van der Waals surface area (Å²) >= 11 is 0. The van der Waals surface area contributed by atoms with Gasteiger partial charge < -0.3 is 10.6 Å². The number of nitrogen functional groups attached to an aromatic ring is 1. The fourth-order valence-electron chi connectivity index (χ4n) is 1.73. The molecule has 2 atom stereocenters. The second-order valence-electron chi connectivity index (χ2n) is 4.29. The Balaban J connectivity index is 1.96. The van der Waals surface area contributed by atoms with Crippen LogP contribution in [0.1, 0.15) is 13.3 Å². The number of nitrogens with zero attached hydrogens (tertiary/aromatic N) is 2. The van der Waals surface area contributed by atoms with Crippen molar-refractivity contribution in [2.75, 3.05) is 24.2 Å². The minimum absolute atomic E-state index is 0.585. The lowest BCUT2D eigenvalue weighted by molar-refractivity contribution is 0.725. The molecule has 1 aromatic heterocycles. The van der Waals surface area contributed by atoms with Crippen LogP contribution < -0.4 is 10.6 Å². The average molecular weight is 191 g/mol. The second kappa shape index (κ2) is 3.48. The van der Waals surface area contributed by atoms with Crippen molar-refractivity contribution < 1.29 is 0 Å². The van der Waals surface area contributed by atoms with Crippen molar-refractivity contribution in [3.63, 3.8) is 0 Å². The van der Waals surface area contributed by atoms with Crippen LogP contribution in [0.2, 0.25) is 0 Å². The van der Waals surface area contributed by atoms with Gasteiger partial charge in [0.25, 0.3) is 0 Å². The van der Waals surface area contributed by atoms with Crippen LogP contribution in [0.25, 0.3) is 0 Å². The van der Waals surface area contributed by atoms with Crippen LogP contribution in [0.15, 0.2) is 18.3 Å². The normalized spacial score (nSPS) is 24.7. The molecule has 1 aromatic rings. The lowest BCUT2D eigenvalue weighted by Crippen LogP contribution is -2.20. The molecule has 76 valence electrons. The molecule has 0 aromatic carbocycles. The zero-order valence-electron chi connectivity index (χ0n) is 8.77. The minimum atomic E-state index is 0.585. The minimum Gasteiger partial charge on any atom is -0.384 e. The Kier molecular flexibility index (Phi) is 2.32. The highest BCUT2D eigenvalue weighted by atomic mass is 15.1. The molecule has 14 heavy (non-hydrogen) atoms. The molecular weight excluding hydrogens is 174 g/mol. The highest BCUT2D eigenvalue weighted by Gasteiger charge is 2.33. The summed E-state index contributed by atoms with van der Waals surface area (Å²) in [6, 6.07) is 3.87. The fourth-order valence-corrected chi connectivity index (χ4v) is 1.73. The Morgan fingerprint density at radius 2 is 2.29 bits per heavy atom.